The van der Waals surface area contributed by atoms with E-state index in [1.165, 1.54) is 5.69 Å². The zero-order valence-corrected chi connectivity index (χ0v) is 23.2. The summed E-state index contributed by atoms with van der Waals surface area (Å²) in [5.74, 6) is 0.868. The number of hydrogen-bond donors (Lipinski definition) is 1. The van der Waals surface area contributed by atoms with Gasteiger partial charge in [-0.25, -0.2) is 13.6 Å². The maximum atomic E-state index is 13.6. The topological polar surface area (TPSA) is 62.6 Å². The van der Waals surface area contributed by atoms with E-state index in [1.54, 1.807) is 17.0 Å². The molecule has 212 valence electrons. The van der Waals surface area contributed by atoms with Crippen molar-refractivity contribution in [2.75, 3.05) is 31.1 Å². The van der Waals surface area contributed by atoms with Gasteiger partial charge in [-0.1, -0.05) is 56.3 Å². The highest BCUT2D eigenvalue weighted by Crippen LogP contribution is 2.43. The van der Waals surface area contributed by atoms with Crippen LogP contribution in [0.4, 0.5) is 25.1 Å². The third-order valence-corrected chi connectivity index (χ3v) is 8.51. The van der Waals surface area contributed by atoms with Gasteiger partial charge in [0.1, 0.15) is 6.61 Å². The van der Waals surface area contributed by atoms with Gasteiger partial charge >= 0.3 is 6.09 Å². The van der Waals surface area contributed by atoms with E-state index < -0.39 is 6.43 Å². The third-order valence-electron chi connectivity index (χ3n) is 8.51. The first-order valence-corrected chi connectivity index (χ1v) is 14.3. The summed E-state index contributed by atoms with van der Waals surface area (Å²) in [4.78, 5) is 16.7. The number of halogens is 2. The lowest BCUT2D eigenvalue weighted by molar-refractivity contribution is 0.0815. The second-order valence-corrected chi connectivity index (χ2v) is 11.8. The van der Waals surface area contributed by atoms with Crippen molar-refractivity contribution in [1.82, 2.24) is 20.0 Å². The highest BCUT2D eigenvalue weighted by atomic mass is 19.3. The molecule has 2 aromatic carbocycles. The van der Waals surface area contributed by atoms with Crippen molar-refractivity contribution in [3.05, 3.63) is 76.5 Å². The summed E-state index contributed by atoms with van der Waals surface area (Å²) in [6.45, 7) is 8.21. The Labute approximate surface area is 234 Å². The second kappa shape index (κ2) is 10.8. The van der Waals surface area contributed by atoms with E-state index >= 15 is 0 Å². The largest absolute Gasteiger partial charge is 0.445 e. The number of aryl methyl sites for hydroxylation is 1. The van der Waals surface area contributed by atoms with Gasteiger partial charge in [0.15, 0.2) is 5.82 Å². The number of anilines is 2. The lowest BCUT2D eigenvalue weighted by Crippen LogP contribution is -2.43. The van der Waals surface area contributed by atoms with Crippen LogP contribution in [0.5, 0.6) is 0 Å². The minimum absolute atomic E-state index is 0.0453. The summed E-state index contributed by atoms with van der Waals surface area (Å²) in [5.41, 5.74) is 5.16. The molecule has 6 rings (SSSR count). The number of aromatic nitrogens is 2. The number of fused-ring (bicyclic) bond motifs is 2. The number of rotatable bonds is 5. The fraction of sp³-hybridized carbons (Fsp3) is 0.484. The molecule has 9 heteroatoms. The SMILES string of the molecule is CC1(C)CNCc2c(N3CCCc4ccc(C(F)F)cc43)nn(C3CCN(C(=O)OCc4ccccc4)CC3)c21. The zero-order chi connectivity index (χ0) is 27.9. The quantitative estimate of drug-likeness (QED) is 0.407. The lowest BCUT2D eigenvalue weighted by atomic mass is 9.83. The predicted octanol–water partition coefficient (Wildman–Crippen LogP) is 6.26. The van der Waals surface area contributed by atoms with Crippen LogP contribution in [0.1, 0.15) is 73.5 Å². The van der Waals surface area contributed by atoms with E-state index in [4.69, 9.17) is 9.84 Å². The van der Waals surface area contributed by atoms with Gasteiger partial charge in [0.2, 0.25) is 0 Å². The number of carbonyl (C=O) groups is 1. The van der Waals surface area contributed by atoms with Crippen LogP contribution in [-0.2, 0) is 29.7 Å². The number of benzene rings is 2. The molecule has 0 radical (unpaired) electrons. The van der Waals surface area contributed by atoms with E-state index in [0.29, 0.717) is 19.6 Å². The van der Waals surface area contributed by atoms with Crippen molar-refractivity contribution in [2.45, 2.75) is 70.6 Å². The second-order valence-electron chi connectivity index (χ2n) is 11.8. The molecule has 1 saturated heterocycles. The Kier molecular flexibility index (Phi) is 7.25. The number of piperidine rings is 1. The van der Waals surface area contributed by atoms with Crippen molar-refractivity contribution >= 4 is 17.6 Å². The van der Waals surface area contributed by atoms with Crippen molar-refractivity contribution < 1.29 is 18.3 Å². The molecule has 1 N–H and O–H groups in total. The number of likely N-dealkylation sites (tertiary alicyclic amines) is 1. The molecule has 0 unspecified atom stereocenters. The van der Waals surface area contributed by atoms with Crippen LogP contribution < -0.4 is 10.2 Å². The highest BCUT2D eigenvalue weighted by molar-refractivity contribution is 5.70. The minimum Gasteiger partial charge on any atom is -0.445 e. The molecule has 0 atom stereocenters. The van der Waals surface area contributed by atoms with Crippen molar-refractivity contribution in [3.63, 3.8) is 0 Å². The van der Waals surface area contributed by atoms with Gasteiger partial charge in [-0.2, -0.15) is 5.10 Å². The Morgan fingerprint density at radius 2 is 1.90 bits per heavy atom. The van der Waals surface area contributed by atoms with Crippen LogP contribution in [0.15, 0.2) is 48.5 Å². The highest BCUT2D eigenvalue weighted by Gasteiger charge is 2.39. The zero-order valence-electron chi connectivity index (χ0n) is 23.2. The summed E-state index contributed by atoms with van der Waals surface area (Å²) in [6.07, 6.45) is 0.595. The van der Waals surface area contributed by atoms with Gasteiger partial charge in [0.25, 0.3) is 6.43 Å². The van der Waals surface area contributed by atoms with Crippen molar-refractivity contribution in [3.8, 4) is 0 Å². The number of alkyl halides is 2. The minimum atomic E-state index is -2.51. The van der Waals surface area contributed by atoms with Crippen LogP contribution in [0.2, 0.25) is 0 Å². The molecule has 7 nitrogen and oxygen atoms in total. The normalized spacial score (nSPS) is 18.9. The Morgan fingerprint density at radius 1 is 1.12 bits per heavy atom. The van der Waals surface area contributed by atoms with E-state index in [2.05, 4.69) is 28.7 Å². The van der Waals surface area contributed by atoms with Crippen LogP contribution in [0, 0.1) is 0 Å². The molecule has 0 aliphatic carbocycles. The monoisotopic (exact) mass is 549 g/mol. The first-order chi connectivity index (χ1) is 19.3. The molecular weight excluding hydrogens is 512 g/mol. The Balaban J connectivity index is 1.25. The van der Waals surface area contributed by atoms with Gasteiger partial charge in [0, 0.05) is 55.0 Å². The number of ether oxygens (including phenoxy) is 1. The number of nitrogens with zero attached hydrogens (tertiary/aromatic N) is 4. The average Bonchev–Trinajstić information content (AvgIpc) is 3.37. The molecule has 1 fully saturated rings. The fourth-order valence-corrected chi connectivity index (χ4v) is 6.45. The van der Waals surface area contributed by atoms with Crippen LogP contribution in [0.25, 0.3) is 0 Å². The molecule has 1 amide bonds. The fourth-order valence-electron chi connectivity index (χ4n) is 6.45. The van der Waals surface area contributed by atoms with Crippen LogP contribution >= 0.6 is 0 Å². The molecule has 0 spiro atoms. The molecule has 0 bridgehead atoms. The molecule has 1 aromatic heterocycles. The van der Waals surface area contributed by atoms with Crippen LogP contribution in [-0.4, -0.2) is 47.0 Å². The number of nitrogens with one attached hydrogen (secondary N) is 1. The van der Waals surface area contributed by atoms with Gasteiger partial charge in [-0.3, -0.25) is 4.68 Å². The molecule has 3 aromatic rings. The number of carbonyl (C=O) groups excluding carboxylic acids is 1. The maximum Gasteiger partial charge on any atom is 0.410 e. The average molecular weight is 550 g/mol. The van der Waals surface area contributed by atoms with Crippen LogP contribution in [0.3, 0.4) is 0 Å². The summed E-state index contributed by atoms with van der Waals surface area (Å²) in [6, 6.07) is 14.9. The summed E-state index contributed by atoms with van der Waals surface area (Å²) < 4.78 is 35.0. The molecular formula is C31H37F2N5O2. The molecule has 0 saturated carbocycles. The van der Waals surface area contributed by atoms with Gasteiger partial charge < -0.3 is 19.9 Å². The summed E-state index contributed by atoms with van der Waals surface area (Å²) >= 11 is 0. The molecule has 3 aliphatic rings. The Hall–Kier alpha value is -3.46. The Morgan fingerprint density at radius 3 is 2.65 bits per heavy atom. The number of hydrogen-bond acceptors (Lipinski definition) is 5. The van der Waals surface area contributed by atoms with Gasteiger partial charge in [-0.05, 0) is 42.9 Å². The van der Waals surface area contributed by atoms with Crippen molar-refractivity contribution in [2.24, 2.45) is 0 Å². The van der Waals surface area contributed by atoms with E-state index in [9.17, 15) is 13.6 Å². The summed E-state index contributed by atoms with van der Waals surface area (Å²) in [7, 11) is 0. The van der Waals surface area contributed by atoms with E-state index in [-0.39, 0.29) is 29.7 Å². The molecule has 4 heterocycles. The summed E-state index contributed by atoms with van der Waals surface area (Å²) in [5, 5.41) is 8.80. The predicted molar refractivity (Wildman–Crippen MR) is 150 cm³/mol. The molecule has 3 aliphatic heterocycles. The van der Waals surface area contributed by atoms with Crippen molar-refractivity contribution in [1.29, 1.82) is 0 Å². The molecule has 40 heavy (non-hydrogen) atoms. The Bertz CT molecular complexity index is 1370. The third kappa shape index (κ3) is 5.07. The van der Waals surface area contributed by atoms with E-state index in [1.807, 2.05) is 36.4 Å². The maximum absolute atomic E-state index is 13.6. The number of amides is 1. The standard InChI is InChI=1S/C31H37F2N5O2/c1-31(2)20-34-18-25-27(31)38(24-12-15-36(16-13-24)30(39)40-19-21-7-4-3-5-8-21)35-29(25)37-14-6-9-22-10-11-23(28(32)33)17-26(22)37/h3-5,7-8,10-11,17,24,28,34H,6,9,12-16,18-20H2,1-2H3. The lowest BCUT2D eigenvalue weighted by Gasteiger charge is -2.37. The smallest absolute Gasteiger partial charge is 0.410 e. The first-order valence-electron chi connectivity index (χ1n) is 14.3. The van der Waals surface area contributed by atoms with E-state index in [0.717, 1.165) is 67.0 Å². The van der Waals surface area contributed by atoms with Gasteiger partial charge in [0.05, 0.1) is 11.7 Å². The first kappa shape index (κ1) is 26.7. The van der Waals surface area contributed by atoms with Gasteiger partial charge in [-0.15, -0.1) is 0 Å².